The summed E-state index contributed by atoms with van der Waals surface area (Å²) in [4.78, 5) is 0. The van der Waals surface area contributed by atoms with Gasteiger partial charge in [0.2, 0.25) is 0 Å². The van der Waals surface area contributed by atoms with Crippen molar-refractivity contribution < 1.29 is 4.74 Å². The van der Waals surface area contributed by atoms with Gasteiger partial charge in [-0.3, -0.25) is 0 Å². The van der Waals surface area contributed by atoms with Crippen molar-refractivity contribution in [2.75, 3.05) is 26.1 Å². The van der Waals surface area contributed by atoms with Crippen molar-refractivity contribution in [2.24, 2.45) is 0 Å². The molecule has 3 heteroatoms. The van der Waals surface area contributed by atoms with Crippen molar-refractivity contribution in [1.82, 2.24) is 5.32 Å². The average molecular weight is 121 g/mol. The van der Waals surface area contributed by atoms with E-state index >= 15 is 0 Å². The fourth-order valence-electron chi connectivity index (χ4n) is 0.253. The second-order valence-corrected chi connectivity index (χ2v) is 1.47. The van der Waals surface area contributed by atoms with E-state index in [2.05, 4.69) is 17.9 Å². The minimum absolute atomic E-state index is 0.726. The van der Waals surface area contributed by atoms with E-state index in [0.29, 0.717) is 0 Å². The maximum absolute atomic E-state index is 4.75. The summed E-state index contributed by atoms with van der Waals surface area (Å²) in [6.45, 7) is 1.65. The number of ether oxygens (including phenoxy) is 1. The number of rotatable bonds is 4. The summed E-state index contributed by atoms with van der Waals surface area (Å²) in [7, 11) is 1.68. The molecule has 0 unspecified atom stereocenters. The molecule has 0 saturated heterocycles. The van der Waals surface area contributed by atoms with Crippen molar-refractivity contribution in [3.05, 3.63) is 0 Å². The maximum Gasteiger partial charge on any atom is 0.0587 e. The highest BCUT2D eigenvalue weighted by atomic mass is 32.1. The van der Waals surface area contributed by atoms with Crippen LogP contribution in [0.15, 0.2) is 0 Å². The largest absolute Gasteiger partial charge is 0.383 e. The molecule has 0 rings (SSSR count). The molecule has 1 N–H and O–H groups in total. The van der Waals surface area contributed by atoms with Crippen LogP contribution in [0, 0.1) is 0 Å². The quantitative estimate of drug-likeness (QED) is 0.313. The summed E-state index contributed by atoms with van der Waals surface area (Å²) in [5.74, 6) is 0.726. The molecule has 0 radical (unpaired) electrons. The monoisotopic (exact) mass is 121 g/mol. The normalized spacial score (nSPS) is 9.43. The maximum atomic E-state index is 4.75. The first kappa shape index (κ1) is 7.27. The Morgan fingerprint density at radius 3 is 2.86 bits per heavy atom. The van der Waals surface area contributed by atoms with Gasteiger partial charge >= 0.3 is 0 Å². The summed E-state index contributed by atoms with van der Waals surface area (Å²) < 4.78 is 4.75. The second-order valence-electron chi connectivity index (χ2n) is 1.15. The van der Waals surface area contributed by atoms with Gasteiger partial charge < -0.3 is 10.1 Å². The molecule has 0 fully saturated rings. The number of methoxy groups -OCH3 is 1. The fraction of sp³-hybridized carbons (Fsp3) is 1.00. The van der Waals surface area contributed by atoms with Gasteiger partial charge in [-0.15, -0.1) is 0 Å². The zero-order valence-corrected chi connectivity index (χ0v) is 5.37. The Hall–Kier alpha value is 0.270. The summed E-state index contributed by atoms with van der Waals surface area (Å²) in [5, 5.41) is 2.99. The van der Waals surface area contributed by atoms with Crippen molar-refractivity contribution >= 4 is 12.6 Å². The van der Waals surface area contributed by atoms with Gasteiger partial charge in [-0.1, -0.05) is 0 Å². The molecule has 0 aromatic heterocycles. The van der Waals surface area contributed by atoms with E-state index < -0.39 is 0 Å². The van der Waals surface area contributed by atoms with E-state index in [4.69, 9.17) is 4.74 Å². The summed E-state index contributed by atoms with van der Waals surface area (Å²) in [6, 6.07) is 0. The van der Waals surface area contributed by atoms with Gasteiger partial charge in [0.25, 0.3) is 0 Å². The molecule has 0 aromatic carbocycles. The lowest BCUT2D eigenvalue weighted by atomic mass is 10.7. The molecule has 0 spiro atoms. The van der Waals surface area contributed by atoms with Gasteiger partial charge in [-0.05, 0) is 0 Å². The van der Waals surface area contributed by atoms with Gasteiger partial charge in [0.05, 0.1) is 6.61 Å². The Balaban J connectivity index is 2.45. The Morgan fingerprint density at radius 1 is 1.71 bits per heavy atom. The summed E-state index contributed by atoms with van der Waals surface area (Å²) >= 11 is 3.93. The summed E-state index contributed by atoms with van der Waals surface area (Å²) in [5.41, 5.74) is 0. The SMILES string of the molecule is COCCNCS. The smallest absolute Gasteiger partial charge is 0.0587 e. The van der Waals surface area contributed by atoms with E-state index in [-0.39, 0.29) is 0 Å². The van der Waals surface area contributed by atoms with E-state index in [1.165, 1.54) is 0 Å². The lowest BCUT2D eigenvalue weighted by Gasteiger charge is -1.95. The van der Waals surface area contributed by atoms with Crippen LogP contribution < -0.4 is 5.32 Å². The number of hydrogen-bond acceptors (Lipinski definition) is 3. The molecule has 7 heavy (non-hydrogen) atoms. The lowest BCUT2D eigenvalue weighted by molar-refractivity contribution is 0.201. The van der Waals surface area contributed by atoms with Crippen molar-refractivity contribution in [3.8, 4) is 0 Å². The number of hydrogen-bond donors (Lipinski definition) is 2. The zero-order valence-electron chi connectivity index (χ0n) is 4.48. The predicted molar refractivity (Wildman–Crippen MR) is 33.7 cm³/mol. The third-order valence-corrected chi connectivity index (χ3v) is 0.818. The van der Waals surface area contributed by atoms with Crippen LogP contribution >= 0.6 is 12.6 Å². The highest BCUT2D eigenvalue weighted by molar-refractivity contribution is 7.80. The molecule has 44 valence electrons. The molecule has 0 aliphatic rings. The van der Waals surface area contributed by atoms with Crippen LogP contribution in [0.25, 0.3) is 0 Å². The van der Waals surface area contributed by atoms with Gasteiger partial charge in [0, 0.05) is 19.5 Å². The minimum Gasteiger partial charge on any atom is -0.383 e. The van der Waals surface area contributed by atoms with Gasteiger partial charge in [0.1, 0.15) is 0 Å². The lowest BCUT2D eigenvalue weighted by Crippen LogP contribution is -2.16. The Kier molecular flexibility index (Phi) is 6.51. The van der Waals surface area contributed by atoms with Gasteiger partial charge in [-0.2, -0.15) is 12.6 Å². The number of nitrogens with one attached hydrogen (secondary N) is 1. The van der Waals surface area contributed by atoms with E-state index in [1.807, 2.05) is 0 Å². The van der Waals surface area contributed by atoms with Crippen molar-refractivity contribution in [3.63, 3.8) is 0 Å². The highest BCUT2D eigenvalue weighted by Gasteiger charge is 1.77. The molecule has 0 bridgehead atoms. The van der Waals surface area contributed by atoms with E-state index in [1.54, 1.807) is 7.11 Å². The molecule has 0 atom stereocenters. The first-order valence-electron chi connectivity index (χ1n) is 2.22. The van der Waals surface area contributed by atoms with Gasteiger partial charge in [0.15, 0.2) is 0 Å². The minimum atomic E-state index is 0.726. The van der Waals surface area contributed by atoms with Gasteiger partial charge in [-0.25, -0.2) is 0 Å². The molecule has 0 aromatic rings. The van der Waals surface area contributed by atoms with E-state index in [9.17, 15) is 0 Å². The van der Waals surface area contributed by atoms with Crippen LogP contribution in [0.3, 0.4) is 0 Å². The Bertz CT molecular complexity index is 30.9. The predicted octanol–water partition coefficient (Wildman–Crippen LogP) is 0.110. The molecule has 0 aliphatic carbocycles. The number of thiol groups is 1. The van der Waals surface area contributed by atoms with Crippen LogP contribution in [0.1, 0.15) is 0 Å². The summed E-state index contributed by atoms with van der Waals surface area (Å²) in [6.07, 6.45) is 0. The first-order valence-corrected chi connectivity index (χ1v) is 2.85. The van der Waals surface area contributed by atoms with Crippen LogP contribution in [-0.4, -0.2) is 26.1 Å². The third-order valence-electron chi connectivity index (χ3n) is 0.595. The molecular weight excluding hydrogens is 110 g/mol. The van der Waals surface area contributed by atoms with Crippen molar-refractivity contribution in [2.45, 2.75) is 0 Å². The average Bonchev–Trinajstić information content (AvgIpc) is 1.69. The molecule has 0 heterocycles. The van der Waals surface area contributed by atoms with Crippen LogP contribution in [0.4, 0.5) is 0 Å². The molecule has 0 saturated carbocycles. The third kappa shape index (κ3) is 6.27. The van der Waals surface area contributed by atoms with Crippen LogP contribution in [0.5, 0.6) is 0 Å². The zero-order chi connectivity index (χ0) is 5.54. The first-order chi connectivity index (χ1) is 3.41. The Morgan fingerprint density at radius 2 is 2.43 bits per heavy atom. The Labute approximate surface area is 49.7 Å². The molecule has 2 nitrogen and oxygen atoms in total. The van der Waals surface area contributed by atoms with E-state index in [0.717, 1.165) is 19.0 Å². The topological polar surface area (TPSA) is 21.3 Å². The second kappa shape index (κ2) is 6.27. The molecule has 0 amide bonds. The van der Waals surface area contributed by atoms with Crippen LogP contribution in [-0.2, 0) is 4.74 Å². The molecule has 0 aliphatic heterocycles. The standard InChI is InChI=1S/C4H11NOS/c1-6-3-2-5-4-7/h5,7H,2-4H2,1H3. The fourth-order valence-corrected chi connectivity index (χ4v) is 0.411. The van der Waals surface area contributed by atoms with Crippen molar-refractivity contribution in [1.29, 1.82) is 0 Å². The molecular formula is C4H11NOS. The highest BCUT2D eigenvalue weighted by Crippen LogP contribution is 1.65. The van der Waals surface area contributed by atoms with Crippen LogP contribution in [0.2, 0.25) is 0 Å².